The first-order valence-electron chi connectivity index (χ1n) is 8.81. The van der Waals surface area contributed by atoms with E-state index in [9.17, 15) is 18.8 Å². The lowest BCUT2D eigenvalue weighted by molar-refractivity contribution is -0.132. The number of hydrogen-bond acceptors (Lipinski definition) is 4. The summed E-state index contributed by atoms with van der Waals surface area (Å²) in [4.78, 5) is 39.3. The van der Waals surface area contributed by atoms with Gasteiger partial charge in [0.2, 0.25) is 5.91 Å². The van der Waals surface area contributed by atoms with Crippen LogP contribution < -0.4 is 15.5 Å². The second-order valence-electron chi connectivity index (χ2n) is 7.16. The summed E-state index contributed by atoms with van der Waals surface area (Å²) in [6.07, 6.45) is 0.407. The normalized spacial score (nSPS) is 22.7. The van der Waals surface area contributed by atoms with Gasteiger partial charge in [-0.15, -0.1) is 0 Å². The predicted molar refractivity (Wildman–Crippen MR) is 99.3 cm³/mol. The Hall–Kier alpha value is -2.35. The van der Waals surface area contributed by atoms with Crippen LogP contribution in [0.25, 0.3) is 0 Å². The second-order valence-corrected chi connectivity index (χ2v) is 7.57. The minimum Gasteiger partial charge on any atom is -0.368 e. The summed E-state index contributed by atoms with van der Waals surface area (Å²) in [5.74, 6) is -0.935. The molecule has 27 heavy (non-hydrogen) atoms. The Labute approximate surface area is 161 Å². The zero-order chi connectivity index (χ0) is 19.8. The van der Waals surface area contributed by atoms with E-state index in [1.54, 1.807) is 17.9 Å². The zero-order valence-corrected chi connectivity index (χ0v) is 16.0. The van der Waals surface area contributed by atoms with Gasteiger partial charge < -0.3 is 15.1 Å². The van der Waals surface area contributed by atoms with Gasteiger partial charge in [0.15, 0.2) is 0 Å². The Bertz CT molecular complexity index is 795. The molecule has 0 radical (unpaired) electrons. The second kappa shape index (κ2) is 7.34. The van der Waals surface area contributed by atoms with Gasteiger partial charge in [-0.25, -0.2) is 9.18 Å². The molecule has 1 aromatic carbocycles. The summed E-state index contributed by atoms with van der Waals surface area (Å²) in [7, 11) is 0. The van der Waals surface area contributed by atoms with E-state index in [1.165, 1.54) is 6.07 Å². The van der Waals surface area contributed by atoms with Gasteiger partial charge in [0.1, 0.15) is 11.4 Å². The van der Waals surface area contributed by atoms with Crippen molar-refractivity contribution in [1.29, 1.82) is 0 Å². The highest BCUT2D eigenvalue weighted by Crippen LogP contribution is 2.27. The highest BCUT2D eigenvalue weighted by Gasteiger charge is 2.42. The molecule has 0 saturated carbocycles. The van der Waals surface area contributed by atoms with Crippen LogP contribution in [0.4, 0.5) is 14.9 Å². The van der Waals surface area contributed by atoms with E-state index >= 15 is 0 Å². The predicted octanol–water partition coefficient (Wildman–Crippen LogP) is 1.81. The number of carbonyl (C=O) groups is 3. The van der Waals surface area contributed by atoms with Gasteiger partial charge in [0.25, 0.3) is 5.91 Å². The number of halogens is 2. The number of nitrogens with one attached hydrogen (secondary N) is 2. The van der Waals surface area contributed by atoms with Crippen molar-refractivity contribution in [3.8, 4) is 0 Å². The van der Waals surface area contributed by atoms with Crippen LogP contribution in [0.1, 0.15) is 25.3 Å². The Balaban J connectivity index is 1.55. The molecule has 2 aliphatic heterocycles. The summed E-state index contributed by atoms with van der Waals surface area (Å²) >= 11 is 5.81. The molecule has 2 saturated heterocycles. The first-order chi connectivity index (χ1) is 12.7. The Kier molecular flexibility index (Phi) is 5.28. The number of rotatable bonds is 4. The lowest BCUT2D eigenvalue weighted by Crippen LogP contribution is -2.50. The molecule has 9 heteroatoms. The number of carbonyl (C=O) groups excluding carboxylic acids is 3. The molecule has 7 nitrogen and oxygen atoms in total. The summed E-state index contributed by atoms with van der Waals surface area (Å²) in [6, 6.07) is 2.50. The van der Waals surface area contributed by atoms with Crippen LogP contribution in [0, 0.1) is 12.7 Å². The number of benzene rings is 1. The SMILES string of the molecule is Cc1cc(Cl)c(F)cc1N1CCN(C(=O)CCC2(C)NC(=O)NC2=O)CC1. The van der Waals surface area contributed by atoms with Gasteiger partial charge in [-0.1, -0.05) is 11.6 Å². The average Bonchev–Trinajstić information content (AvgIpc) is 2.88. The van der Waals surface area contributed by atoms with E-state index in [0.29, 0.717) is 26.2 Å². The lowest BCUT2D eigenvalue weighted by Gasteiger charge is -2.37. The number of hydrogen-bond donors (Lipinski definition) is 2. The molecule has 2 fully saturated rings. The molecule has 2 N–H and O–H groups in total. The van der Waals surface area contributed by atoms with Crippen molar-refractivity contribution < 1.29 is 18.8 Å². The highest BCUT2D eigenvalue weighted by molar-refractivity contribution is 6.30. The fourth-order valence-electron chi connectivity index (χ4n) is 3.44. The van der Waals surface area contributed by atoms with Crippen molar-refractivity contribution in [2.45, 2.75) is 32.2 Å². The molecule has 2 aliphatic rings. The van der Waals surface area contributed by atoms with Crippen molar-refractivity contribution in [3.63, 3.8) is 0 Å². The number of urea groups is 1. The molecule has 0 aliphatic carbocycles. The molecule has 4 amide bonds. The Morgan fingerprint density at radius 1 is 1.26 bits per heavy atom. The van der Waals surface area contributed by atoms with Gasteiger partial charge in [-0.2, -0.15) is 0 Å². The number of imide groups is 1. The van der Waals surface area contributed by atoms with Crippen LogP contribution in [0.5, 0.6) is 0 Å². The highest BCUT2D eigenvalue weighted by atomic mass is 35.5. The van der Waals surface area contributed by atoms with Crippen molar-refractivity contribution in [3.05, 3.63) is 28.5 Å². The third-order valence-electron chi connectivity index (χ3n) is 5.17. The smallest absolute Gasteiger partial charge is 0.322 e. The van der Waals surface area contributed by atoms with E-state index in [1.807, 2.05) is 11.8 Å². The standard InChI is InChI=1S/C18H22ClFN4O3/c1-11-9-12(19)13(20)10-14(11)23-5-7-24(8-6-23)15(25)3-4-18(2)16(26)21-17(27)22-18/h9-10H,3-8H2,1-2H3,(H2,21,22,26,27). The fourth-order valence-corrected chi connectivity index (χ4v) is 3.66. The first-order valence-corrected chi connectivity index (χ1v) is 9.19. The Morgan fingerprint density at radius 3 is 2.52 bits per heavy atom. The molecule has 1 aromatic rings. The quantitative estimate of drug-likeness (QED) is 0.760. The van der Waals surface area contributed by atoms with Gasteiger partial charge in [-0.3, -0.25) is 14.9 Å². The van der Waals surface area contributed by atoms with Crippen LogP contribution in [0.3, 0.4) is 0 Å². The molecule has 3 rings (SSSR count). The van der Waals surface area contributed by atoms with Crippen molar-refractivity contribution >= 4 is 35.1 Å². The van der Waals surface area contributed by atoms with Crippen LogP contribution in [0.2, 0.25) is 5.02 Å². The Morgan fingerprint density at radius 2 is 1.93 bits per heavy atom. The molecule has 1 unspecified atom stereocenters. The lowest BCUT2D eigenvalue weighted by atomic mass is 9.96. The molecular formula is C18H22ClFN4O3. The van der Waals surface area contributed by atoms with Crippen molar-refractivity contribution in [2.75, 3.05) is 31.1 Å². The maximum absolute atomic E-state index is 13.8. The molecule has 1 atom stereocenters. The largest absolute Gasteiger partial charge is 0.368 e. The third-order valence-corrected chi connectivity index (χ3v) is 5.46. The van der Waals surface area contributed by atoms with Crippen molar-refractivity contribution in [2.24, 2.45) is 0 Å². The number of aryl methyl sites for hydroxylation is 1. The van der Waals surface area contributed by atoms with E-state index in [2.05, 4.69) is 10.6 Å². The monoisotopic (exact) mass is 396 g/mol. The first kappa shape index (κ1) is 19.4. The molecule has 146 valence electrons. The van der Waals surface area contributed by atoms with Gasteiger partial charge >= 0.3 is 6.03 Å². The van der Waals surface area contributed by atoms with Crippen LogP contribution >= 0.6 is 11.6 Å². The number of anilines is 1. The molecule has 0 aromatic heterocycles. The van der Waals surface area contributed by atoms with E-state index in [-0.39, 0.29) is 23.8 Å². The topological polar surface area (TPSA) is 81.8 Å². The van der Waals surface area contributed by atoms with Crippen LogP contribution in [-0.4, -0.2) is 54.5 Å². The maximum Gasteiger partial charge on any atom is 0.322 e. The summed E-state index contributed by atoms with van der Waals surface area (Å²) in [6.45, 7) is 5.68. The maximum atomic E-state index is 13.8. The molecule has 2 heterocycles. The molecule has 0 spiro atoms. The van der Waals surface area contributed by atoms with Gasteiger partial charge in [0, 0.05) is 38.3 Å². The third kappa shape index (κ3) is 4.00. The van der Waals surface area contributed by atoms with E-state index in [4.69, 9.17) is 11.6 Å². The average molecular weight is 397 g/mol. The summed E-state index contributed by atoms with van der Waals surface area (Å²) in [5.41, 5.74) is 0.617. The number of amides is 4. The number of piperazine rings is 1. The molecular weight excluding hydrogens is 375 g/mol. The van der Waals surface area contributed by atoms with E-state index in [0.717, 1.165) is 11.3 Å². The van der Waals surface area contributed by atoms with Gasteiger partial charge in [0.05, 0.1) is 5.02 Å². The zero-order valence-electron chi connectivity index (χ0n) is 15.3. The fraction of sp³-hybridized carbons (Fsp3) is 0.500. The van der Waals surface area contributed by atoms with Crippen LogP contribution in [0.15, 0.2) is 12.1 Å². The number of nitrogens with zero attached hydrogens (tertiary/aromatic N) is 2. The van der Waals surface area contributed by atoms with E-state index < -0.39 is 23.3 Å². The van der Waals surface area contributed by atoms with Crippen molar-refractivity contribution in [1.82, 2.24) is 15.5 Å². The summed E-state index contributed by atoms with van der Waals surface area (Å²) < 4.78 is 13.8. The molecule has 0 bridgehead atoms. The van der Waals surface area contributed by atoms with Gasteiger partial charge in [-0.05, 0) is 38.0 Å². The summed E-state index contributed by atoms with van der Waals surface area (Å²) in [5, 5.41) is 4.84. The minimum absolute atomic E-state index is 0.0659. The minimum atomic E-state index is -1.05. The van der Waals surface area contributed by atoms with Crippen LogP contribution in [-0.2, 0) is 9.59 Å².